The Bertz CT molecular complexity index is 920. The highest BCUT2D eigenvalue weighted by atomic mass is 19.1. The minimum absolute atomic E-state index is 0.246. The molecule has 1 aliphatic rings. The third-order valence-corrected chi connectivity index (χ3v) is 4.73. The van der Waals surface area contributed by atoms with E-state index in [-0.39, 0.29) is 11.7 Å². The standard InChI is InChI=1S/C22H19FN2O/c23-19-7-5-17(6-8-19)22(26)24-20-9-11-21(12-10-20)25-14-13-16-3-1-2-4-18(16)15-25/h1-12H,13-15H2,(H,24,26). The van der Waals surface area contributed by atoms with Crippen molar-refractivity contribution in [2.75, 3.05) is 16.8 Å². The maximum atomic E-state index is 13.0. The van der Waals surface area contributed by atoms with Crippen LogP contribution in [0.4, 0.5) is 15.8 Å². The lowest BCUT2D eigenvalue weighted by atomic mass is 9.99. The third kappa shape index (κ3) is 3.45. The van der Waals surface area contributed by atoms with Gasteiger partial charge in [-0.05, 0) is 66.1 Å². The summed E-state index contributed by atoms with van der Waals surface area (Å²) in [5.74, 6) is -0.598. The van der Waals surface area contributed by atoms with Crippen LogP contribution in [0.3, 0.4) is 0 Å². The van der Waals surface area contributed by atoms with E-state index in [1.54, 1.807) is 0 Å². The Balaban J connectivity index is 1.44. The van der Waals surface area contributed by atoms with Gasteiger partial charge in [-0.1, -0.05) is 24.3 Å². The van der Waals surface area contributed by atoms with E-state index in [0.29, 0.717) is 5.56 Å². The molecule has 3 aromatic rings. The van der Waals surface area contributed by atoms with E-state index in [4.69, 9.17) is 0 Å². The molecule has 0 radical (unpaired) electrons. The second-order valence-corrected chi connectivity index (χ2v) is 6.45. The van der Waals surface area contributed by atoms with Crippen LogP contribution < -0.4 is 10.2 Å². The van der Waals surface area contributed by atoms with Crippen molar-refractivity contribution in [3.05, 3.63) is 95.3 Å². The summed E-state index contributed by atoms with van der Waals surface area (Å²) in [7, 11) is 0. The van der Waals surface area contributed by atoms with Crippen LogP contribution in [0, 0.1) is 5.82 Å². The first-order chi connectivity index (χ1) is 12.7. The van der Waals surface area contributed by atoms with Crippen LogP contribution in [0.5, 0.6) is 0 Å². The molecule has 1 N–H and O–H groups in total. The second kappa shape index (κ2) is 7.00. The third-order valence-electron chi connectivity index (χ3n) is 4.73. The SMILES string of the molecule is O=C(Nc1ccc(N2CCc3ccccc3C2)cc1)c1ccc(F)cc1. The number of amides is 1. The fourth-order valence-electron chi connectivity index (χ4n) is 3.28. The average Bonchev–Trinajstić information content (AvgIpc) is 2.68. The van der Waals surface area contributed by atoms with Crippen LogP contribution in [0.15, 0.2) is 72.8 Å². The molecule has 0 saturated heterocycles. The van der Waals surface area contributed by atoms with Gasteiger partial charge in [-0.25, -0.2) is 4.39 Å². The van der Waals surface area contributed by atoms with Gasteiger partial charge in [-0.3, -0.25) is 4.79 Å². The lowest BCUT2D eigenvalue weighted by Gasteiger charge is -2.30. The molecule has 26 heavy (non-hydrogen) atoms. The number of hydrogen-bond acceptors (Lipinski definition) is 2. The molecular weight excluding hydrogens is 327 g/mol. The topological polar surface area (TPSA) is 32.3 Å². The van der Waals surface area contributed by atoms with E-state index in [0.717, 1.165) is 30.9 Å². The minimum atomic E-state index is -0.353. The first-order valence-electron chi connectivity index (χ1n) is 8.68. The van der Waals surface area contributed by atoms with Gasteiger partial charge in [0.1, 0.15) is 5.82 Å². The van der Waals surface area contributed by atoms with Crippen molar-refractivity contribution >= 4 is 17.3 Å². The lowest BCUT2D eigenvalue weighted by molar-refractivity contribution is 0.102. The van der Waals surface area contributed by atoms with Gasteiger partial charge in [0.2, 0.25) is 0 Å². The van der Waals surface area contributed by atoms with E-state index < -0.39 is 0 Å². The predicted molar refractivity (Wildman–Crippen MR) is 102 cm³/mol. The Morgan fingerprint density at radius 2 is 1.58 bits per heavy atom. The molecule has 0 fully saturated rings. The summed E-state index contributed by atoms with van der Waals surface area (Å²) >= 11 is 0. The molecule has 0 atom stereocenters. The lowest BCUT2D eigenvalue weighted by Crippen LogP contribution is -2.30. The molecule has 0 aliphatic carbocycles. The molecule has 3 aromatic carbocycles. The summed E-state index contributed by atoms with van der Waals surface area (Å²) in [4.78, 5) is 14.5. The molecule has 1 aliphatic heterocycles. The molecule has 1 heterocycles. The number of carbonyl (C=O) groups excluding carboxylic acids is 1. The maximum absolute atomic E-state index is 13.0. The Labute approximate surface area is 152 Å². The van der Waals surface area contributed by atoms with Crippen molar-refractivity contribution in [1.29, 1.82) is 0 Å². The van der Waals surface area contributed by atoms with Crippen molar-refractivity contribution in [2.24, 2.45) is 0 Å². The smallest absolute Gasteiger partial charge is 0.255 e. The number of rotatable bonds is 3. The zero-order valence-electron chi connectivity index (χ0n) is 14.3. The number of carbonyl (C=O) groups is 1. The number of nitrogens with zero attached hydrogens (tertiary/aromatic N) is 1. The van der Waals surface area contributed by atoms with Gasteiger partial charge < -0.3 is 10.2 Å². The van der Waals surface area contributed by atoms with Crippen LogP contribution in [-0.4, -0.2) is 12.5 Å². The highest BCUT2D eigenvalue weighted by molar-refractivity contribution is 6.04. The van der Waals surface area contributed by atoms with Crippen molar-refractivity contribution < 1.29 is 9.18 Å². The molecule has 1 amide bonds. The summed E-state index contributed by atoms with van der Waals surface area (Å²) in [6.07, 6.45) is 1.04. The number of anilines is 2. The van der Waals surface area contributed by atoms with Gasteiger partial charge in [-0.2, -0.15) is 0 Å². The molecule has 0 aromatic heterocycles. The van der Waals surface area contributed by atoms with E-state index in [9.17, 15) is 9.18 Å². The molecule has 0 saturated carbocycles. The highest BCUT2D eigenvalue weighted by Gasteiger charge is 2.16. The first kappa shape index (κ1) is 16.3. The summed E-state index contributed by atoms with van der Waals surface area (Å²) in [6, 6.07) is 21.9. The van der Waals surface area contributed by atoms with Gasteiger partial charge in [0.25, 0.3) is 5.91 Å². The van der Waals surface area contributed by atoms with Crippen LogP contribution in [0.2, 0.25) is 0 Å². The summed E-state index contributed by atoms with van der Waals surface area (Å²) < 4.78 is 13.0. The van der Waals surface area contributed by atoms with Gasteiger partial charge in [0.05, 0.1) is 0 Å². The van der Waals surface area contributed by atoms with Crippen LogP contribution >= 0.6 is 0 Å². The highest BCUT2D eigenvalue weighted by Crippen LogP contribution is 2.25. The summed E-state index contributed by atoms with van der Waals surface area (Å²) in [5, 5.41) is 2.84. The van der Waals surface area contributed by atoms with Crippen molar-refractivity contribution in [2.45, 2.75) is 13.0 Å². The van der Waals surface area contributed by atoms with Gasteiger partial charge in [-0.15, -0.1) is 0 Å². The Morgan fingerprint density at radius 3 is 2.31 bits per heavy atom. The zero-order valence-corrected chi connectivity index (χ0v) is 14.3. The van der Waals surface area contributed by atoms with Crippen LogP contribution in [-0.2, 0) is 13.0 Å². The predicted octanol–water partition coefficient (Wildman–Crippen LogP) is 4.64. The minimum Gasteiger partial charge on any atom is -0.367 e. The normalized spacial score (nSPS) is 13.2. The van der Waals surface area contributed by atoms with Crippen molar-refractivity contribution in [3.8, 4) is 0 Å². The molecule has 3 nitrogen and oxygen atoms in total. The zero-order chi connectivity index (χ0) is 17.9. The van der Waals surface area contributed by atoms with E-state index in [1.165, 1.54) is 35.4 Å². The molecule has 4 heteroatoms. The summed E-state index contributed by atoms with van der Waals surface area (Å²) in [5.41, 5.74) is 5.09. The number of benzene rings is 3. The Morgan fingerprint density at radius 1 is 0.885 bits per heavy atom. The molecule has 130 valence electrons. The number of hydrogen-bond donors (Lipinski definition) is 1. The molecule has 0 spiro atoms. The number of fused-ring (bicyclic) bond motifs is 1. The largest absolute Gasteiger partial charge is 0.367 e. The van der Waals surface area contributed by atoms with Crippen molar-refractivity contribution in [1.82, 2.24) is 0 Å². The van der Waals surface area contributed by atoms with Gasteiger partial charge in [0, 0.05) is 30.0 Å². The fraction of sp³-hybridized carbons (Fsp3) is 0.136. The molecule has 0 unspecified atom stereocenters. The Kier molecular flexibility index (Phi) is 4.40. The van der Waals surface area contributed by atoms with Crippen LogP contribution in [0.25, 0.3) is 0 Å². The number of halogens is 1. The van der Waals surface area contributed by atoms with E-state index >= 15 is 0 Å². The van der Waals surface area contributed by atoms with Gasteiger partial charge in [0.15, 0.2) is 0 Å². The van der Waals surface area contributed by atoms with Crippen molar-refractivity contribution in [3.63, 3.8) is 0 Å². The maximum Gasteiger partial charge on any atom is 0.255 e. The fourth-order valence-corrected chi connectivity index (χ4v) is 3.28. The van der Waals surface area contributed by atoms with E-state index in [2.05, 4.69) is 34.5 Å². The number of nitrogens with one attached hydrogen (secondary N) is 1. The Hall–Kier alpha value is -3.14. The van der Waals surface area contributed by atoms with Crippen LogP contribution in [0.1, 0.15) is 21.5 Å². The summed E-state index contributed by atoms with van der Waals surface area (Å²) in [6.45, 7) is 1.88. The van der Waals surface area contributed by atoms with Gasteiger partial charge >= 0.3 is 0 Å². The average molecular weight is 346 g/mol. The molecule has 0 bridgehead atoms. The monoisotopic (exact) mass is 346 g/mol. The quantitative estimate of drug-likeness (QED) is 0.749. The first-order valence-corrected chi connectivity index (χ1v) is 8.68. The van der Waals surface area contributed by atoms with E-state index in [1.807, 2.05) is 24.3 Å². The molecule has 4 rings (SSSR count). The second-order valence-electron chi connectivity index (χ2n) is 6.45. The molecular formula is C22H19FN2O.